The zero-order chi connectivity index (χ0) is 19.3. The molecule has 0 unspecified atom stereocenters. The van der Waals surface area contributed by atoms with E-state index in [0.717, 1.165) is 51.7 Å². The van der Waals surface area contributed by atoms with E-state index in [4.69, 9.17) is 9.47 Å². The number of nitrogens with zero attached hydrogens (tertiary/aromatic N) is 1. The standard InChI is InChI=1S/C20H31F2N3O2/c1-2-23-20(25-11-7-17-5-3-6-18(21)19(17)22)24-10-4-12-27-15-16-8-13-26-14-9-16/h3,5-6,16H,2,4,7-15H2,1H3,(H2,23,24,25). The predicted molar refractivity (Wildman–Crippen MR) is 103 cm³/mol. The third-order valence-electron chi connectivity index (χ3n) is 4.47. The number of hydrogen-bond acceptors (Lipinski definition) is 3. The van der Waals surface area contributed by atoms with Gasteiger partial charge in [-0.05, 0) is 50.2 Å². The molecule has 0 radical (unpaired) electrons. The average molecular weight is 383 g/mol. The van der Waals surface area contributed by atoms with Crippen molar-refractivity contribution in [2.75, 3.05) is 46.1 Å². The Kier molecular flexibility index (Phi) is 10.1. The molecule has 1 aliphatic rings. The summed E-state index contributed by atoms with van der Waals surface area (Å²) in [6.45, 7) is 7.02. The summed E-state index contributed by atoms with van der Waals surface area (Å²) in [5, 5.41) is 6.31. The number of nitrogens with one attached hydrogen (secondary N) is 2. The van der Waals surface area contributed by atoms with Gasteiger partial charge in [-0.15, -0.1) is 0 Å². The first-order valence-electron chi connectivity index (χ1n) is 9.81. The number of ether oxygens (including phenoxy) is 2. The van der Waals surface area contributed by atoms with Gasteiger partial charge >= 0.3 is 0 Å². The maximum atomic E-state index is 13.7. The molecule has 0 atom stereocenters. The normalized spacial score (nSPS) is 15.7. The van der Waals surface area contributed by atoms with Crippen LogP contribution in [0.5, 0.6) is 0 Å². The fourth-order valence-corrected chi connectivity index (χ4v) is 2.92. The van der Waals surface area contributed by atoms with E-state index in [1.807, 2.05) is 6.92 Å². The molecule has 2 N–H and O–H groups in total. The monoisotopic (exact) mass is 383 g/mol. The Morgan fingerprint density at radius 2 is 2.07 bits per heavy atom. The molecule has 1 heterocycles. The minimum atomic E-state index is -0.811. The molecule has 5 nitrogen and oxygen atoms in total. The zero-order valence-electron chi connectivity index (χ0n) is 16.1. The molecule has 0 aromatic heterocycles. The van der Waals surface area contributed by atoms with Gasteiger partial charge in [0.25, 0.3) is 0 Å². The minimum absolute atomic E-state index is 0.361. The fourth-order valence-electron chi connectivity index (χ4n) is 2.92. The lowest BCUT2D eigenvalue weighted by Crippen LogP contribution is -2.38. The topological polar surface area (TPSA) is 54.9 Å². The van der Waals surface area contributed by atoms with Gasteiger partial charge in [0.2, 0.25) is 0 Å². The number of guanidine groups is 1. The Balaban J connectivity index is 1.63. The van der Waals surface area contributed by atoms with Crippen LogP contribution in [0, 0.1) is 17.6 Å². The van der Waals surface area contributed by atoms with Crippen LogP contribution in [-0.4, -0.2) is 52.0 Å². The van der Waals surface area contributed by atoms with E-state index >= 15 is 0 Å². The van der Waals surface area contributed by atoms with Crippen LogP contribution in [0.15, 0.2) is 23.2 Å². The fraction of sp³-hybridized carbons (Fsp3) is 0.650. The summed E-state index contributed by atoms with van der Waals surface area (Å²) in [5.41, 5.74) is 0.361. The molecule has 152 valence electrons. The van der Waals surface area contributed by atoms with Gasteiger partial charge in [0.05, 0.1) is 0 Å². The highest BCUT2D eigenvalue weighted by molar-refractivity contribution is 5.79. The highest BCUT2D eigenvalue weighted by Gasteiger charge is 2.13. The summed E-state index contributed by atoms with van der Waals surface area (Å²) in [6.07, 6.45) is 3.40. The summed E-state index contributed by atoms with van der Waals surface area (Å²) in [6, 6.07) is 4.25. The summed E-state index contributed by atoms with van der Waals surface area (Å²) >= 11 is 0. The molecule has 1 aliphatic heterocycles. The van der Waals surface area contributed by atoms with Crippen molar-refractivity contribution in [1.82, 2.24) is 10.6 Å². The average Bonchev–Trinajstić information content (AvgIpc) is 2.68. The van der Waals surface area contributed by atoms with Crippen LogP contribution in [0.4, 0.5) is 8.78 Å². The first-order valence-corrected chi connectivity index (χ1v) is 9.81. The van der Waals surface area contributed by atoms with E-state index in [1.165, 1.54) is 6.07 Å². The van der Waals surface area contributed by atoms with E-state index in [0.29, 0.717) is 43.6 Å². The van der Waals surface area contributed by atoms with Crippen LogP contribution in [-0.2, 0) is 15.9 Å². The highest BCUT2D eigenvalue weighted by Crippen LogP contribution is 2.14. The van der Waals surface area contributed by atoms with Crippen molar-refractivity contribution in [2.45, 2.75) is 32.6 Å². The van der Waals surface area contributed by atoms with Crippen molar-refractivity contribution in [3.8, 4) is 0 Å². The Hall–Kier alpha value is -1.73. The second-order valence-corrected chi connectivity index (χ2v) is 6.63. The van der Waals surface area contributed by atoms with Crippen molar-refractivity contribution in [1.29, 1.82) is 0 Å². The lowest BCUT2D eigenvalue weighted by molar-refractivity contribution is 0.0205. The SMILES string of the molecule is CCNC(=NCCCOCC1CCOCC1)NCCc1cccc(F)c1F. The van der Waals surface area contributed by atoms with Crippen LogP contribution in [0.2, 0.25) is 0 Å². The van der Waals surface area contributed by atoms with Gasteiger partial charge in [-0.1, -0.05) is 12.1 Å². The maximum absolute atomic E-state index is 13.7. The van der Waals surface area contributed by atoms with Crippen LogP contribution >= 0.6 is 0 Å². The number of hydrogen-bond donors (Lipinski definition) is 2. The lowest BCUT2D eigenvalue weighted by Gasteiger charge is -2.21. The molecular weight excluding hydrogens is 352 g/mol. The molecule has 0 bridgehead atoms. The number of halogens is 2. The lowest BCUT2D eigenvalue weighted by atomic mass is 10.0. The van der Waals surface area contributed by atoms with Gasteiger partial charge in [0.1, 0.15) is 0 Å². The van der Waals surface area contributed by atoms with Crippen LogP contribution < -0.4 is 10.6 Å². The van der Waals surface area contributed by atoms with Crippen molar-refractivity contribution in [3.63, 3.8) is 0 Å². The molecule has 0 saturated carbocycles. The molecular formula is C20H31F2N3O2. The quantitative estimate of drug-likeness (QED) is 0.371. The van der Waals surface area contributed by atoms with Gasteiger partial charge in [0.15, 0.2) is 17.6 Å². The van der Waals surface area contributed by atoms with Crippen molar-refractivity contribution in [2.24, 2.45) is 10.9 Å². The van der Waals surface area contributed by atoms with E-state index in [9.17, 15) is 8.78 Å². The Bertz CT molecular complexity index is 578. The molecule has 0 aliphatic carbocycles. The Morgan fingerprint density at radius 1 is 1.26 bits per heavy atom. The number of benzene rings is 1. The van der Waals surface area contributed by atoms with Gasteiger partial charge in [-0.25, -0.2) is 8.78 Å². The highest BCUT2D eigenvalue weighted by atomic mass is 19.2. The third-order valence-corrected chi connectivity index (χ3v) is 4.47. The number of aliphatic imine (C=N–C) groups is 1. The summed E-state index contributed by atoms with van der Waals surface area (Å²) in [5.74, 6) is -0.292. The van der Waals surface area contributed by atoms with Crippen molar-refractivity contribution in [3.05, 3.63) is 35.4 Å². The Labute approximate surface area is 160 Å². The second-order valence-electron chi connectivity index (χ2n) is 6.63. The maximum Gasteiger partial charge on any atom is 0.191 e. The van der Waals surface area contributed by atoms with E-state index in [-0.39, 0.29) is 0 Å². The predicted octanol–water partition coefficient (Wildman–Crippen LogP) is 2.90. The molecule has 0 spiro atoms. The van der Waals surface area contributed by atoms with Gasteiger partial charge < -0.3 is 20.1 Å². The van der Waals surface area contributed by atoms with E-state index in [1.54, 1.807) is 6.07 Å². The van der Waals surface area contributed by atoms with E-state index < -0.39 is 11.6 Å². The molecule has 0 amide bonds. The number of rotatable bonds is 10. The van der Waals surface area contributed by atoms with Gasteiger partial charge in [0, 0.05) is 46.1 Å². The van der Waals surface area contributed by atoms with Gasteiger partial charge in [-0.3, -0.25) is 4.99 Å². The third kappa shape index (κ3) is 8.22. The minimum Gasteiger partial charge on any atom is -0.381 e. The molecule has 1 aromatic rings. The zero-order valence-corrected chi connectivity index (χ0v) is 16.1. The molecule has 7 heteroatoms. The molecule has 27 heavy (non-hydrogen) atoms. The summed E-state index contributed by atoms with van der Waals surface area (Å²) in [7, 11) is 0. The van der Waals surface area contributed by atoms with Gasteiger partial charge in [-0.2, -0.15) is 0 Å². The van der Waals surface area contributed by atoms with Crippen molar-refractivity contribution < 1.29 is 18.3 Å². The first-order chi connectivity index (χ1) is 13.2. The smallest absolute Gasteiger partial charge is 0.191 e. The summed E-state index contributed by atoms with van der Waals surface area (Å²) in [4.78, 5) is 4.50. The first kappa shape index (κ1) is 21.6. The molecule has 1 aromatic carbocycles. The largest absolute Gasteiger partial charge is 0.381 e. The molecule has 1 saturated heterocycles. The van der Waals surface area contributed by atoms with Crippen LogP contribution in [0.3, 0.4) is 0 Å². The van der Waals surface area contributed by atoms with Crippen LogP contribution in [0.25, 0.3) is 0 Å². The van der Waals surface area contributed by atoms with E-state index in [2.05, 4.69) is 15.6 Å². The van der Waals surface area contributed by atoms with Crippen molar-refractivity contribution >= 4 is 5.96 Å². The molecule has 1 fully saturated rings. The second kappa shape index (κ2) is 12.6. The molecule has 2 rings (SSSR count). The Morgan fingerprint density at radius 3 is 2.85 bits per heavy atom. The van der Waals surface area contributed by atoms with Crippen LogP contribution in [0.1, 0.15) is 31.7 Å². The summed E-state index contributed by atoms with van der Waals surface area (Å²) < 4.78 is 38.0.